The van der Waals surface area contributed by atoms with Gasteiger partial charge in [-0.25, -0.2) is 14.5 Å². The minimum Gasteiger partial charge on any atom is -0.456 e. The Bertz CT molecular complexity index is 1340. The Morgan fingerprint density at radius 3 is 2.44 bits per heavy atom. The largest absolute Gasteiger partial charge is 0.456 e. The number of hydrogen-bond donors (Lipinski definition) is 2. The van der Waals surface area contributed by atoms with Gasteiger partial charge in [0.25, 0.3) is 5.91 Å². The summed E-state index contributed by atoms with van der Waals surface area (Å²) >= 11 is 0. The first kappa shape index (κ1) is 26.4. The highest BCUT2D eigenvalue weighted by atomic mass is 16.5. The number of anilines is 2. The Morgan fingerprint density at radius 1 is 1.05 bits per heavy atom. The Labute approximate surface area is 225 Å². The highest BCUT2D eigenvalue weighted by molar-refractivity contribution is 5.93. The average molecular weight is 537 g/mol. The third-order valence-electron chi connectivity index (χ3n) is 6.94. The second-order valence-corrected chi connectivity index (χ2v) is 9.47. The van der Waals surface area contributed by atoms with Gasteiger partial charge in [-0.05, 0) is 25.0 Å². The van der Waals surface area contributed by atoms with Crippen molar-refractivity contribution in [3.05, 3.63) is 30.5 Å². The first-order valence-electron chi connectivity index (χ1n) is 13.0. The van der Waals surface area contributed by atoms with Crippen molar-refractivity contribution in [3.8, 4) is 11.3 Å². The van der Waals surface area contributed by atoms with E-state index in [9.17, 15) is 14.4 Å². The average Bonchev–Trinajstić information content (AvgIpc) is 3.40. The minimum atomic E-state index is -0.467. The number of urea groups is 1. The van der Waals surface area contributed by atoms with E-state index in [1.54, 1.807) is 18.1 Å². The standard InChI is InChI=1S/C26H32N8O5/c1-17(35)39-16-22(36)32-9-7-20(8-10-32)34-24-21(15-28-34)23(30-25(31-24)33-11-13-38-14-12-33)18-3-5-19(6-4-18)29-26(37)27-2/h3-6,15,20H,7-14,16H2,1-2H3,(H2,27,29,37). The zero-order valence-electron chi connectivity index (χ0n) is 22.1. The molecule has 0 radical (unpaired) electrons. The van der Waals surface area contributed by atoms with Crippen LogP contribution in [0.15, 0.2) is 30.5 Å². The lowest BCUT2D eigenvalue weighted by atomic mass is 10.0. The lowest BCUT2D eigenvalue weighted by molar-refractivity contribution is -0.150. The summed E-state index contributed by atoms with van der Waals surface area (Å²) in [6.45, 7) is 4.74. The van der Waals surface area contributed by atoms with E-state index < -0.39 is 5.97 Å². The predicted octanol–water partition coefficient (Wildman–Crippen LogP) is 1.81. The molecular weight excluding hydrogens is 504 g/mol. The van der Waals surface area contributed by atoms with Crippen LogP contribution < -0.4 is 15.5 Å². The SMILES string of the molecule is CNC(=O)Nc1ccc(-c2nc(N3CCOCC3)nc3c2cnn3C2CCN(C(=O)COC(C)=O)CC2)cc1. The van der Waals surface area contributed by atoms with Crippen LogP contribution >= 0.6 is 0 Å². The molecule has 2 aromatic heterocycles. The molecule has 5 rings (SSSR count). The molecule has 0 aliphatic carbocycles. The number of benzene rings is 1. The van der Waals surface area contributed by atoms with Crippen LogP contribution in [0.2, 0.25) is 0 Å². The van der Waals surface area contributed by atoms with E-state index in [1.165, 1.54) is 6.92 Å². The third-order valence-corrected chi connectivity index (χ3v) is 6.94. The van der Waals surface area contributed by atoms with Crippen molar-refractivity contribution in [1.82, 2.24) is 30.0 Å². The molecule has 13 heteroatoms. The number of nitrogens with zero attached hydrogens (tertiary/aromatic N) is 6. The molecule has 39 heavy (non-hydrogen) atoms. The fraction of sp³-hybridized carbons (Fsp3) is 0.462. The van der Waals surface area contributed by atoms with E-state index in [-0.39, 0.29) is 24.6 Å². The molecule has 0 spiro atoms. The molecule has 13 nitrogen and oxygen atoms in total. The van der Waals surface area contributed by atoms with Crippen molar-refractivity contribution >= 4 is 40.6 Å². The number of esters is 1. The molecule has 2 aliphatic rings. The summed E-state index contributed by atoms with van der Waals surface area (Å²) in [6, 6.07) is 7.27. The number of amides is 3. The van der Waals surface area contributed by atoms with Crippen molar-refractivity contribution in [2.45, 2.75) is 25.8 Å². The van der Waals surface area contributed by atoms with Crippen LogP contribution in [0.5, 0.6) is 0 Å². The van der Waals surface area contributed by atoms with Crippen LogP contribution in [0.25, 0.3) is 22.3 Å². The fourth-order valence-electron chi connectivity index (χ4n) is 4.83. The quantitative estimate of drug-likeness (QED) is 0.451. The number of nitrogens with one attached hydrogen (secondary N) is 2. The number of morpholine rings is 1. The first-order chi connectivity index (χ1) is 18.9. The van der Waals surface area contributed by atoms with Gasteiger partial charge >= 0.3 is 12.0 Å². The van der Waals surface area contributed by atoms with Crippen LogP contribution in [0, 0.1) is 0 Å². The molecule has 206 valence electrons. The molecule has 0 unspecified atom stereocenters. The van der Waals surface area contributed by atoms with E-state index in [4.69, 9.17) is 24.5 Å². The highest BCUT2D eigenvalue weighted by Crippen LogP contribution is 2.32. The van der Waals surface area contributed by atoms with Crippen LogP contribution in [0.4, 0.5) is 16.4 Å². The van der Waals surface area contributed by atoms with Gasteiger partial charge in [0.05, 0.1) is 36.5 Å². The third kappa shape index (κ3) is 5.93. The van der Waals surface area contributed by atoms with Crippen LogP contribution in [0.1, 0.15) is 25.8 Å². The van der Waals surface area contributed by atoms with E-state index >= 15 is 0 Å². The fourth-order valence-corrected chi connectivity index (χ4v) is 4.83. The molecule has 2 saturated heterocycles. The van der Waals surface area contributed by atoms with Crippen LogP contribution in [-0.4, -0.2) is 95.6 Å². The maximum Gasteiger partial charge on any atom is 0.318 e. The summed E-state index contributed by atoms with van der Waals surface area (Å²) in [5.74, 6) is -0.0446. The van der Waals surface area contributed by atoms with E-state index in [1.807, 2.05) is 28.9 Å². The van der Waals surface area contributed by atoms with Crippen molar-refractivity contribution < 1.29 is 23.9 Å². The molecule has 2 N–H and O–H groups in total. The van der Waals surface area contributed by atoms with Gasteiger partial charge in [0.1, 0.15) is 0 Å². The van der Waals surface area contributed by atoms with Crippen LogP contribution in [0.3, 0.4) is 0 Å². The number of carbonyl (C=O) groups is 3. The maximum atomic E-state index is 12.4. The zero-order valence-corrected chi connectivity index (χ0v) is 22.1. The number of ether oxygens (including phenoxy) is 2. The second kappa shape index (κ2) is 11.6. The monoisotopic (exact) mass is 536 g/mol. The molecular formula is C26H32N8O5. The predicted molar refractivity (Wildman–Crippen MR) is 143 cm³/mol. The summed E-state index contributed by atoms with van der Waals surface area (Å²) in [5.41, 5.74) is 3.04. The number of aromatic nitrogens is 4. The number of rotatable bonds is 6. The zero-order chi connectivity index (χ0) is 27.4. The van der Waals surface area contributed by atoms with Gasteiger partial charge in [0.15, 0.2) is 12.3 Å². The number of hydrogen-bond acceptors (Lipinski definition) is 9. The molecule has 0 saturated carbocycles. The summed E-state index contributed by atoms with van der Waals surface area (Å²) in [6.07, 6.45) is 3.20. The van der Waals surface area contributed by atoms with Crippen LogP contribution in [-0.2, 0) is 19.1 Å². The molecule has 3 amide bonds. The molecule has 2 aliphatic heterocycles. The van der Waals surface area contributed by atoms with E-state index in [0.717, 1.165) is 22.3 Å². The maximum absolute atomic E-state index is 12.4. The Hall–Kier alpha value is -4.26. The lowest BCUT2D eigenvalue weighted by Gasteiger charge is -2.32. The smallest absolute Gasteiger partial charge is 0.318 e. The van der Waals surface area contributed by atoms with Gasteiger partial charge in [-0.2, -0.15) is 10.1 Å². The van der Waals surface area contributed by atoms with Gasteiger partial charge in [0.2, 0.25) is 5.95 Å². The van der Waals surface area contributed by atoms with Crippen molar-refractivity contribution in [2.75, 3.05) is 63.3 Å². The molecule has 0 atom stereocenters. The molecule has 0 bridgehead atoms. The normalized spacial score (nSPS) is 16.3. The van der Waals surface area contributed by atoms with Crippen molar-refractivity contribution in [2.24, 2.45) is 0 Å². The Morgan fingerprint density at radius 2 is 1.77 bits per heavy atom. The van der Waals surface area contributed by atoms with Crippen molar-refractivity contribution in [1.29, 1.82) is 0 Å². The molecule has 3 aromatic rings. The number of piperidine rings is 1. The number of fused-ring (bicyclic) bond motifs is 1. The lowest BCUT2D eigenvalue weighted by Crippen LogP contribution is -2.41. The topological polar surface area (TPSA) is 144 Å². The summed E-state index contributed by atoms with van der Waals surface area (Å²) in [4.78, 5) is 48.9. The number of likely N-dealkylation sites (tertiary alicyclic amines) is 1. The minimum absolute atomic E-state index is 0.0553. The Kier molecular flexibility index (Phi) is 7.87. The highest BCUT2D eigenvalue weighted by Gasteiger charge is 2.28. The molecule has 2 fully saturated rings. The summed E-state index contributed by atoms with van der Waals surface area (Å²) in [5, 5.41) is 10.9. The van der Waals surface area contributed by atoms with E-state index in [0.29, 0.717) is 63.9 Å². The number of carbonyl (C=O) groups excluding carboxylic acids is 3. The summed E-state index contributed by atoms with van der Waals surface area (Å²) in [7, 11) is 1.57. The van der Waals surface area contributed by atoms with Crippen molar-refractivity contribution in [3.63, 3.8) is 0 Å². The van der Waals surface area contributed by atoms with Gasteiger partial charge in [-0.3, -0.25) is 9.59 Å². The van der Waals surface area contributed by atoms with Gasteiger partial charge in [-0.1, -0.05) is 12.1 Å². The van der Waals surface area contributed by atoms with E-state index in [2.05, 4.69) is 15.5 Å². The second-order valence-electron chi connectivity index (χ2n) is 9.47. The van der Waals surface area contributed by atoms with Gasteiger partial charge in [0, 0.05) is 51.4 Å². The van der Waals surface area contributed by atoms with Gasteiger partial charge < -0.3 is 29.9 Å². The van der Waals surface area contributed by atoms with Gasteiger partial charge in [-0.15, -0.1) is 0 Å². The molecule has 1 aromatic carbocycles. The molecule has 4 heterocycles. The first-order valence-corrected chi connectivity index (χ1v) is 13.0. The Balaban J connectivity index is 1.43. The summed E-state index contributed by atoms with van der Waals surface area (Å²) < 4.78 is 12.3.